The highest BCUT2D eigenvalue weighted by Gasteiger charge is 2.49. The van der Waals surface area contributed by atoms with Crippen LogP contribution in [0.5, 0.6) is 5.75 Å². The Bertz CT molecular complexity index is 656. The van der Waals surface area contributed by atoms with Crippen LogP contribution in [0.1, 0.15) is 102 Å². The monoisotopic (exact) mass is 386 g/mol. The molecule has 0 heterocycles. The van der Waals surface area contributed by atoms with Gasteiger partial charge in [0.2, 0.25) is 0 Å². The van der Waals surface area contributed by atoms with Crippen LogP contribution in [0.15, 0.2) is 18.2 Å². The van der Waals surface area contributed by atoms with Gasteiger partial charge in [-0.25, -0.2) is 0 Å². The molecular weight excluding hydrogens is 348 g/mol. The van der Waals surface area contributed by atoms with E-state index in [4.69, 9.17) is 0 Å². The number of carboxylic acids is 1. The van der Waals surface area contributed by atoms with Crippen molar-refractivity contribution in [1.82, 2.24) is 0 Å². The molecule has 0 unspecified atom stereocenters. The fraction of sp³-hybridized carbons (Fsp3) is 0.720. The first kappa shape index (κ1) is 21.2. The third kappa shape index (κ3) is 5.99. The predicted octanol–water partition coefficient (Wildman–Crippen LogP) is 6.65. The van der Waals surface area contributed by atoms with Gasteiger partial charge >= 0.3 is 5.97 Å². The molecule has 0 saturated heterocycles. The molecule has 0 spiro atoms. The SMILES string of the molecule is CC1(CCCCCCc2cccc(O)c2CCCCCC2(C(=O)O)CC2)CC1. The van der Waals surface area contributed by atoms with Crippen LogP contribution in [0, 0.1) is 10.8 Å². The van der Waals surface area contributed by atoms with E-state index < -0.39 is 11.4 Å². The van der Waals surface area contributed by atoms with Gasteiger partial charge in [-0.15, -0.1) is 0 Å². The molecule has 2 aliphatic carbocycles. The zero-order valence-electron chi connectivity index (χ0n) is 17.6. The van der Waals surface area contributed by atoms with Crippen molar-refractivity contribution in [2.45, 2.75) is 103 Å². The van der Waals surface area contributed by atoms with E-state index >= 15 is 0 Å². The summed E-state index contributed by atoms with van der Waals surface area (Å²) in [7, 11) is 0. The molecule has 156 valence electrons. The molecule has 28 heavy (non-hydrogen) atoms. The van der Waals surface area contributed by atoms with Crippen LogP contribution in [0.25, 0.3) is 0 Å². The standard InChI is InChI=1S/C25H38O3/c1-24(16-17-24)14-7-3-2-5-10-20-11-9-13-22(26)21(20)12-6-4-8-15-25(18-19-25)23(27)28/h9,11,13,26H,2-8,10,12,14-19H2,1H3,(H,27,28). The van der Waals surface area contributed by atoms with Gasteiger partial charge in [0.15, 0.2) is 0 Å². The van der Waals surface area contributed by atoms with Crippen LogP contribution >= 0.6 is 0 Å². The van der Waals surface area contributed by atoms with E-state index in [2.05, 4.69) is 13.0 Å². The lowest BCUT2D eigenvalue weighted by atomic mass is 9.94. The summed E-state index contributed by atoms with van der Waals surface area (Å²) in [5, 5.41) is 19.6. The second kappa shape index (κ2) is 9.33. The average molecular weight is 387 g/mol. The van der Waals surface area contributed by atoms with Crippen molar-refractivity contribution in [3.8, 4) is 5.75 Å². The topological polar surface area (TPSA) is 57.5 Å². The number of hydrogen-bond donors (Lipinski definition) is 2. The number of carbonyl (C=O) groups is 1. The van der Waals surface area contributed by atoms with E-state index in [0.29, 0.717) is 11.2 Å². The van der Waals surface area contributed by atoms with Gasteiger partial charge in [-0.2, -0.15) is 0 Å². The molecule has 0 aromatic heterocycles. The highest BCUT2D eigenvalue weighted by Crippen LogP contribution is 2.50. The van der Waals surface area contributed by atoms with E-state index in [9.17, 15) is 15.0 Å². The Balaban J connectivity index is 1.35. The van der Waals surface area contributed by atoms with E-state index in [1.807, 2.05) is 6.07 Å². The van der Waals surface area contributed by atoms with Crippen molar-refractivity contribution >= 4 is 5.97 Å². The smallest absolute Gasteiger partial charge is 0.309 e. The van der Waals surface area contributed by atoms with Crippen molar-refractivity contribution in [3.63, 3.8) is 0 Å². The van der Waals surface area contributed by atoms with Gasteiger partial charge in [0.1, 0.15) is 5.75 Å². The maximum Gasteiger partial charge on any atom is 0.309 e. The van der Waals surface area contributed by atoms with E-state index in [-0.39, 0.29) is 0 Å². The minimum atomic E-state index is -0.610. The van der Waals surface area contributed by atoms with Crippen LogP contribution < -0.4 is 0 Å². The number of unbranched alkanes of at least 4 members (excludes halogenated alkanes) is 5. The van der Waals surface area contributed by atoms with E-state index in [0.717, 1.165) is 56.9 Å². The van der Waals surface area contributed by atoms with Gasteiger partial charge in [0.25, 0.3) is 0 Å². The third-order valence-electron chi connectivity index (χ3n) is 7.22. The molecule has 3 heteroatoms. The summed E-state index contributed by atoms with van der Waals surface area (Å²) in [5.41, 5.74) is 2.71. The molecule has 0 bridgehead atoms. The molecule has 2 N–H and O–H groups in total. The van der Waals surface area contributed by atoms with Crippen molar-refractivity contribution < 1.29 is 15.0 Å². The molecule has 0 radical (unpaired) electrons. The molecule has 3 nitrogen and oxygen atoms in total. The van der Waals surface area contributed by atoms with Crippen molar-refractivity contribution in [1.29, 1.82) is 0 Å². The van der Waals surface area contributed by atoms with Crippen molar-refractivity contribution in [2.24, 2.45) is 10.8 Å². The first-order chi connectivity index (χ1) is 13.4. The number of rotatable bonds is 14. The number of benzene rings is 1. The van der Waals surface area contributed by atoms with Crippen LogP contribution in [-0.4, -0.2) is 16.2 Å². The molecule has 2 fully saturated rings. The number of phenolic OH excluding ortho intramolecular Hbond substituents is 1. The summed E-state index contributed by atoms with van der Waals surface area (Å²) in [5.74, 6) is -0.176. The molecule has 2 aliphatic rings. The van der Waals surface area contributed by atoms with Crippen molar-refractivity contribution in [3.05, 3.63) is 29.3 Å². The van der Waals surface area contributed by atoms with Crippen LogP contribution in [0.3, 0.4) is 0 Å². The lowest BCUT2D eigenvalue weighted by molar-refractivity contribution is -0.143. The Hall–Kier alpha value is -1.51. The Labute approximate surface area is 170 Å². The van der Waals surface area contributed by atoms with E-state index in [1.165, 1.54) is 50.5 Å². The second-order valence-corrected chi connectivity index (χ2v) is 9.79. The van der Waals surface area contributed by atoms with Gasteiger partial charge in [-0.1, -0.05) is 51.2 Å². The number of aliphatic carboxylic acids is 1. The lowest BCUT2D eigenvalue weighted by Gasteiger charge is -2.13. The summed E-state index contributed by atoms with van der Waals surface area (Å²) < 4.78 is 0. The van der Waals surface area contributed by atoms with Crippen molar-refractivity contribution in [2.75, 3.05) is 0 Å². The molecule has 3 rings (SSSR count). The molecule has 2 saturated carbocycles. The Morgan fingerprint density at radius 3 is 2.21 bits per heavy atom. The normalized spacial score (nSPS) is 18.8. The number of phenols is 1. The van der Waals surface area contributed by atoms with Gasteiger partial charge in [0, 0.05) is 0 Å². The number of aromatic hydroxyl groups is 1. The lowest BCUT2D eigenvalue weighted by Crippen LogP contribution is -2.14. The van der Waals surface area contributed by atoms with E-state index in [1.54, 1.807) is 6.07 Å². The Kier molecular flexibility index (Phi) is 7.06. The molecule has 0 aliphatic heterocycles. The fourth-order valence-corrected chi connectivity index (χ4v) is 4.49. The summed E-state index contributed by atoms with van der Waals surface area (Å²) in [6.07, 6.45) is 17.0. The predicted molar refractivity (Wildman–Crippen MR) is 114 cm³/mol. The first-order valence-electron chi connectivity index (χ1n) is 11.5. The first-order valence-corrected chi connectivity index (χ1v) is 11.5. The summed E-state index contributed by atoms with van der Waals surface area (Å²) in [4.78, 5) is 11.2. The summed E-state index contributed by atoms with van der Waals surface area (Å²) in [6, 6.07) is 5.94. The second-order valence-electron chi connectivity index (χ2n) is 9.79. The molecular formula is C25H38O3. The largest absolute Gasteiger partial charge is 0.508 e. The Morgan fingerprint density at radius 2 is 1.54 bits per heavy atom. The van der Waals surface area contributed by atoms with Crippen LogP contribution in [0.2, 0.25) is 0 Å². The number of aryl methyl sites for hydroxylation is 1. The third-order valence-corrected chi connectivity index (χ3v) is 7.22. The average Bonchev–Trinajstić information content (AvgIpc) is 3.58. The number of hydrogen-bond acceptors (Lipinski definition) is 2. The van der Waals surface area contributed by atoms with Crippen LogP contribution in [0.4, 0.5) is 0 Å². The molecule has 1 aromatic rings. The van der Waals surface area contributed by atoms with Gasteiger partial charge in [0.05, 0.1) is 5.41 Å². The molecule has 0 atom stereocenters. The fourth-order valence-electron chi connectivity index (χ4n) is 4.49. The zero-order chi connectivity index (χ0) is 20.0. The quantitative estimate of drug-likeness (QED) is 0.352. The van der Waals surface area contributed by atoms with Crippen LogP contribution in [-0.2, 0) is 17.6 Å². The minimum Gasteiger partial charge on any atom is -0.508 e. The van der Waals surface area contributed by atoms with Gasteiger partial charge in [-0.3, -0.25) is 4.79 Å². The summed E-state index contributed by atoms with van der Waals surface area (Å²) in [6.45, 7) is 2.41. The molecule has 0 amide bonds. The summed E-state index contributed by atoms with van der Waals surface area (Å²) >= 11 is 0. The Morgan fingerprint density at radius 1 is 0.893 bits per heavy atom. The maximum absolute atomic E-state index is 11.2. The zero-order valence-corrected chi connectivity index (χ0v) is 17.6. The van der Waals surface area contributed by atoms with Gasteiger partial charge in [-0.05, 0) is 86.8 Å². The highest BCUT2D eigenvalue weighted by molar-refractivity contribution is 5.77. The maximum atomic E-state index is 11.2. The minimum absolute atomic E-state index is 0.392. The molecule has 1 aromatic carbocycles. The highest BCUT2D eigenvalue weighted by atomic mass is 16.4. The van der Waals surface area contributed by atoms with Gasteiger partial charge < -0.3 is 10.2 Å². The number of carboxylic acid groups (broad SMARTS) is 1.